The van der Waals surface area contributed by atoms with Gasteiger partial charge in [0.05, 0.1) is 18.8 Å². The molecule has 154 valence electrons. The number of hydrogen-bond donors (Lipinski definition) is 1. The van der Waals surface area contributed by atoms with Crippen LogP contribution in [0.5, 0.6) is 0 Å². The second kappa shape index (κ2) is 9.99. The van der Waals surface area contributed by atoms with Gasteiger partial charge in [0.25, 0.3) is 5.91 Å². The molecule has 1 fully saturated rings. The maximum atomic E-state index is 13.3. The number of rotatable bonds is 5. The molecule has 2 aromatic rings. The van der Waals surface area contributed by atoms with Gasteiger partial charge in [-0.05, 0) is 43.7 Å². The Morgan fingerprint density at radius 1 is 1.21 bits per heavy atom. The fourth-order valence-electron chi connectivity index (χ4n) is 3.30. The van der Waals surface area contributed by atoms with Crippen LogP contribution in [0.25, 0.3) is 0 Å². The van der Waals surface area contributed by atoms with E-state index in [1.165, 1.54) is 0 Å². The number of hydrogen-bond acceptors (Lipinski definition) is 5. The summed E-state index contributed by atoms with van der Waals surface area (Å²) in [6.45, 7) is 5.32. The third kappa shape index (κ3) is 5.64. The highest BCUT2D eigenvalue weighted by atomic mass is 127. The van der Waals surface area contributed by atoms with Gasteiger partial charge < -0.3 is 9.64 Å². The zero-order valence-electron chi connectivity index (χ0n) is 16.2. The highest BCUT2D eigenvalue weighted by Crippen LogP contribution is 2.20. The van der Waals surface area contributed by atoms with E-state index in [1.54, 1.807) is 51.1 Å². The van der Waals surface area contributed by atoms with Crippen LogP contribution in [-0.2, 0) is 14.4 Å². The van der Waals surface area contributed by atoms with Crippen molar-refractivity contribution >= 4 is 40.8 Å². The fourth-order valence-corrected chi connectivity index (χ4v) is 3.50. The smallest absolute Gasteiger partial charge is 0.326 e. The van der Waals surface area contributed by atoms with E-state index in [4.69, 9.17) is 4.74 Å². The minimum Gasteiger partial charge on any atom is -0.372 e. The van der Waals surface area contributed by atoms with Gasteiger partial charge in [-0.15, -0.1) is 0 Å². The van der Waals surface area contributed by atoms with Crippen molar-refractivity contribution in [3.05, 3.63) is 59.8 Å². The molecule has 1 aliphatic heterocycles. The molecule has 3 rings (SSSR count). The molecule has 0 spiro atoms. The summed E-state index contributed by atoms with van der Waals surface area (Å²) in [5, 5.41) is 0. The van der Waals surface area contributed by atoms with Crippen molar-refractivity contribution in [2.75, 3.05) is 18.0 Å². The molecule has 1 aromatic carbocycles. The van der Waals surface area contributed by atoms with Gasteiger partial charge in [0.15, 0.2) is 0 Å². The van der Waals surface area contributed by atoms with Gasteiger partial charge in [-0.3, -0.25) is 9.69 Å². The lowest BCUT2D eigenvalue weighted by atomic mass is 10.1. The van der Waals surface area contributed by atoms with E-state index in [9.17, 15) is 9.59 Å². The first-order chi connectivity index (χ1) is 14.0. The van der Waals surface area contributed by atoms with Crippen molar-refractivity contribution in [1.29, 1.82) is 0 Å². The number of halogens is 1. The Hall–Kier alpha value is -2.24. The number of anilines is 1. The lowest BCUT2D eigenvalue weighted by Gasteiger charge is -2.38. The van der Waals surface area contributed by atoms with E-state index >= 15 is 0 Å². The van der Waals surface area contributed by atoms with Gasteiger partial charge in [-0.2, -0.15) is 0 Å². The summed E-state index contributed by atoms with van der Waals surface area (Å²) in [7, 11) is 0. The van der Waals surface area contributed by atoms with Gasteiger partial charge >= 0.3 is 6.03 Å². The number of aromatic nitrogens is 1. The fraction of sp³-hybridized carbons (Fsp3) is 0.350. The highest BCUT2D eigenvalue weighted by Gasteiger charge is 2.30. The maximum absolute atomic E-state index is 13.3. The minimum absolute atomic E-state index is 0.0220. The Balaban J connectivity index is 1.81. The minimum atomic E-state index is -0.333. The zero-order valence-corrected chi connectivity index (χ0v) is 18.4. The number of pyridine rings is 1. The molecule has 1 N–H and O–H groups in total. The number of hydroxylamine groups is 1. The SMILES string of the molecule is CC1CN(C(=O)N(Cc2ccc(C(=O)NOI)cc2)c2ccccn2)CC(C)O1. The molecule has 2 unspecified atom stereocenters. The average molecular weight is 510 g/mol. The monoisotopic (exact) mass is 510 g/mol. The van der Waals surface area contributed by atoms with Crippen LogP contribution in [0, 0.1) is 0 Å². The Labute approximate surface area is 183 Å². The van der Waals surface area contributed by atoms with Crippen molar-refractivity contribution in [2.45, 2.75) is 32.6 Å². The molecule has 3 amide bonds. The summed E-state index contributed by atoms with van der Waals surface area (Å²) >= 11 is 1.59. The Bertz CT molecular complexity index is 824. The third-order valence-corrected chi connectivity index (χ3v) is 4.76. The lowest BCUT2D eigenvalue weighted by molar-refractivity contribution is -0.0538. The molecule has 0 saturated carbocycles. The van der Waals surface area contributed by atoms with Crippen LogP contribution in [0.2, 0.25) is 0 Å². The molecule has 0 radical (unpaired) electrons. The molecule has 1 aromatic heterocycles. The van der Waals surface area contributed by atoms with E-state index in [1.807, 2.05) is 44.2 Å². The second-order valence-electron chi connectivity index (χ2n) is 6.92. The van der Waals surface area contributed by atoms with Gasteiger partial charge in [0, 0.05) is 24.8 Å². The first-order valence-corrected chi connectivity index (χ1v) is 10.2. The third-order valence-electron chi connectivity index (χ3n) is 4.53. The number of amides is 3. The Kier molecular flexibility index (Phi) is 7.40. The van der Waals surface area contributed by atoms with Crippen molar-refractivity contribution in [1.82, 2.24) is 15.4 Å². The first kappa shape index (κ1) is 21.5. The van der Waals surface area contributed by atoms with Crippen molar-refractivity contribution in [3.8, 4) is 0 Å². The molecule has 2 atom stereocenters. The maximum Gasteiger partial charge on any atom is 0.326 e. The number of ether oxygens (including phenoxy) is 1. The van der Waals surface area contributed by atoms with Crippen LogP contribution in [-0.4, -0.2) is 47.1 Å². The molecular weight excluding hydrogens is 487 g/mol. The van der Waals surface area contributed by atoms with E-state index in [-0.39, 0.29) is 24.1 Å². The Morgan fingerprint density at radius 2 is 1.90 bits per heavy atom. The van der Waals surface area contributed by atoms with Crippen molar-refractivity contribution in [2.24, 2.45) is 0 Å². The van der Waals surface area contributed by atoms with E-state index in [2.05, 4.69) is 13.6 Å². The molecule has 29 heavy (non-hydrogen) atoms. The van der Waals surface area contributed by atoms with Crippen LogP contribution < -0.4 is 10.4 Å². The van der Waals surface area contributed by atoms with E-state index in [0.717, 1.165) is 5.56 Å². The van der Waals surface area contributed by atoms with E-state index in [0.29, 0.717) is 31.0 Å². The molecule has 1 saturated heterocycles. The largest absolute Gasteiger partial charge is 0.372 e. The topological polar surface area (TPSA) is 84.0 Å². The van der Waals surface area contributed by atoms with Crippen LogP contribution >= 0.6 is 23.0 Å². The molecule has 0 aliphatic carbocycles. The zero-order chi connectivity index (χ0) is 20.8. The number of benzene rings is 1. The molecule has 9 heteroatoms. The number of urea groups is 1. The van der Waals surface area contributed by atoms with Crippen LogP contribution in [0.4, 0.5) is 10.6 Å². The van der Waals surface area contributed by atoms with Gasteiger partial charge in [-0.1, -0.05) is 18.2 Å². The number of nitrogens with one attached hydrogen (secondary N) is 1. The van der Waals surface area contributed by atoms with Crippen LogP contribution in [0.1, 0.15) is 29.8 Å². The second-order valence-corrected chi connectivity index (χ2v) is 7.36. The summed E-state index contributed by atoms with van der Waals surface area (Å²) in [5.74, 6) is 0.240. The number of carbonyl (C=O) groups excluding carboxylic acids is 2. The van der Waals surface area contributed by atoms with Crippen molar-refractivity contribution in [3.63, 3.8) is 0 Å². The lowest BCUT2D eigenvalue weighted by Crippen LogP contribution is -2.53. The summed E-state index contributed by atoms with van der Waals surface area (Å²) < 4.78 is 10.4. The standard InChI is InChI=1S/C20H23IN4O4/c1-14-11-24(12-15(2)28-14)20(27)25(18-5-3-4-10-22-18)13-16-6-8-17(9-7-16)19(26)23-29-21/h3-10,14-15H,11-13H2,1-2H3,(H,23,26). The number of carbonyl (C=O) groups is 2. The van der Waals surface area contributed by atoms with Crippen LogP contribution in [0.3, 0.4) is 0 Å². The summed E-state index contributed by atoms with van der Waals surface area (Å²) in [5.41, 5.74) is 3.62. The average Bonchev–Trinajstić information content (AvgIpc) is 2.72. The molecule has 2 heterocycles. The number of morpholine rings is 1. The predicted octanol–water partition coefficient (Wildman–Crippen LogP) is 3.33. The molecule has 8 nitrogen and oxygen atoms in total. The summed E-state index contributed by atoms with van der Waals surface area (Å²) in [6.07, 6.45) is 1.62. The van der Waals surface area contributed by atoms with Gasteiger partial charge in [0.1, 0.15) is 28.8 Å². The quantitative estimate of drug-likeness (QED) is 0.493. The molecule has 1 aliphatic rings. The highest BCUT2D eigenvalue weighted by molar-refractivity contribution is 14.1. The van der Waals surface area contributed by atoms with Gasteiger partial charge in [-0.25, -0.2) is 18.4 Å². The molecule has 0 bridgehead atoms. The van der Waals surface area contributed by atoms with Crippen LogP contribution in [0.15, 0.2) is 48.7 Å². The predicted molar refractivity (Wildman–Crippen MR) is 116 cm³/mol. The summed E-state index contributed by atoms with van der Waals surface area (Å²) in [6, 6.07) is 12.4. The van der Waals surface area contributed by atoms with Crippen molar-refractivity contribution < 1.29 is 17.5 Å². The van der Waals surface area contributed by atoms with Gasteiger partial charge in [0.2, 0.25) is 0 Å². The first-order valence-electron chi connectivity index (χ1n) is 9.27. The summed E-state index contributed by atoms with van der Waals surface area (Å²) in [4.78, 5) is 33.0. The van der Waals surface area contributed by atoms with E-state index < -0.39 is 0 Å². The normalized spacial score (nSPS) is 18.9. The molecular formula is C20H23IN4O4. The Morgan fingerprint density at radius 3 is 2.48 bits per heavy atom. The number of nitrogens with zero attached hydrogens (tertiary/aromatic N) is 3.